The Hall–Kier alpha value is -0.300. The average Bonchev–Trinajstić information content (AvgIpc) is 2.43. The highest BCUT2D eigenvalue weighted by molar-refractivity contribution is 8.07. The van der Waals surface area contributed by atoms with Gasteiger partial charge in [-0.1, -0.05) is 6.92 Å². The summed E-state index contributed by atoms with van der Waals surface area (Å²) in [7, 11) is 0. The van der Waals surface area contributed by atoms with Crippen molar-refractivity contribution in [3.63, 3.8) is 0 Å². The van der Waals surface area contributed by atoms with E-state index in [1.54, 1.807) is 0 Å². The summed E-state index contributed by atoms with van der Waals surface area (Å²) < 4.78 is 26.5. The Morgan fingerprint density at radius 1 is 1.25 bits per heavy atom. The van der Waals surface area contributed by atoms with Crippen molar-refractivity contribution >= 4 is 23.5 Å². The predicted molar refractivity (Wildman–Crippen MR) is 84.0 cm³/mol. The summed E-state index contributed by atoms with van der Waals surface area (Å²) >= 11 is 3.87. The Bertz CT molecular complexity index is 425. The summed E-state index contributed by atoms with van der Waals surface area (Å²) in [6.07, 6.45) is 1.62. The molecule has 1 aromatic carbocycles. The summed E-state index contributed by atoms with van der Waals surface area (Å²) in [6, 6.07) is 3.69. The highest BCUT2D eigenvalue weighted by Crippen LogP contribution is 2.35. The van der Waals surface area contributed by atoms with Gasteiger partial charge in [0, 0.05) is 34.1 Å². The minimum Gasteiger partial charge on any atom is -0.271 e. The summed E-state index contributed by atoms with van der Waals surface area (Å²) in [6.45, 7) is 2.17. The van der Waals surface area contributed by atoms with Gasteiger partial charge in [0.1, 0.15) is 11.6 Å². The molecule has 2 rings (SSSR count). The third kappa shape index (κ3) is 4.10. The van der Waals surface area contributed by atoms with Crippen LogP contribution in [0.2, 0.25) is 0 Å². The summed E-state index contributed by atoms with van der Waals surface area (Å²) in [5.41, 5.74) is 3.49. The molecule has 1 aliphatic rings. The summed E-state index contributed by atoms with van der Waals surface area (Å²) in [5.74, 6) is 6.87. The number of thioether (sulfide) groups is 2. The van der Waals surface area contributed by atoms with Gasteiger partial charge in [-0.2, -0.15) is 23.5 Å². The molecule has 0 aromatic heterocycles. The molecule has 3 atom stereocenters. The van der Waals surface area contributed by atoms with Gasteiger partial charge in [-0.15, -0.1) is 0 Å². The molecule has 1 saturated heterocycles. The minimum absolute atomic E-state index is 0.0268. The Kier molecular flexibility index (Phi) is 6.14. The Morgan fingerprint density at radius 2 is 1.90 bits per heavy atom. The van der Waals surface area contributed by atoms with Gasteiger partial charge < -0.3 is 0 Å². The van der Waals surface area contributed by atoms with Crippen molar-refractivity contribution in [1.29, 1.82) is 0 Å². The molecule has 0 bridgehead atoms. The lowest BCUT2D eigenvalue weighted by Gasteiger charge is -2.35. The minimum atomic E-state index is -0.534. The fourth-order valence-electron chi connectivity index (χ4n) is 2.56. The van der Waals surface area contributed by atoms with Gasteiger partial charge in [0.25, 0.3) is 0 Å². The van der Waals surface area contributed by atoms with Crippen molar-refractivity contribution in [2.45, 2.75) is 36.3 Å². The first-order valence-electron chi connectivity index (χ1n) is 6.78. The molecule has 0 aliphatic carbocycles. The van der Waals surface area contributed by atoms with Crippen LogP contribution in [-0.2, 0) is 6.42 Å². The van der Waals surface area contributed by atoms with Gasteiger partial charge in [0.05, 0.1) is 0 Å². The number of halogens is 2. The molecule has 1 aliphatic heterocycles. The van der Waals surface area contributed by atoms with E-state index in [-0.39, 0.29) is 6.04 Å². The van der Waals surface area contributed by atoms with E-state index < -0.39 is 11.6 Å². The van der Waals surface area contributed by atoms with Crippen LogP contribution in [0.25, 0.3) is 0 Å². The van der Waals surface area contributed by atoms with Crippen molar-refractivity contribution in [1.82, 2.24) is 5.43 Å². The van der Waals surface area contributed by atoms with E-state index in [4.69, 9.17) is 5.84 Å². The fourth-order valence-corrected chi connectivity index (χ4v) is 5.81. The SMILES string of the molecule is CCC1SCCSC1C(Cc1cc(F)cc(F)c1)NN. The normalized spacial score (nSPS) is 24.6. The molecule has 0 spiro atoms. The van der Waals surface area contributed by atoms with Crippen molar-refractivity contribution in [2.75, 3.05) is 11.5 Å². The Balaban J connectivity index is 2.11. The molecule has 1 aromatic rings. The standard InChI is InChI=1S/C14H20F2N2S2/c1-2-13-14(20-4-3-19-13)12(18-17)7-9-5-10(15)8-11(16)6-9/h5-6,8,12-14,18H,2-4,7,17H2,1H3. The first-order chi connectivity index (χ1) is 9.63. The van der Waals surface area contributed by atoms with Crippen molar-refractivity contribution in [3.05, 3.63) is 35.4 Å². The van der Waals surface area contributed by atoms with E-state index in [1.807, 2.05) is 23.5 Å². The van der Waals surface area contributed by atoms with E-state index in [0.717, 1.165) is 24.0 Å². The molecule has 0 amide bonds. The molecule has 2 nitrogen and oxygen atoms in total. The zero-order valence-corrected chi connectivity index (χ0v) is 13.1. The van der Waals surface area contributed by atoms with Crippen LogP contribution in [0.4, 0.5) is 8.78 Å². The lowest BCUT2D eigenvalue weighted by Crippen LogP contribution is -2.49. The lowest BCUT2D eigenvalue weighted by molar-refractivity contribution is 0.487. The van der Waals surface area contributed by atoms with Gasteiger partial charge >= 0.3 is 0 Å². The summed E-state index contributed by atoms with van der Waals surface area (Å²) in [5, 5.41) is 0.906. The van der Waals surface area contributed by atoms with Crippen LogP contribution in [0, 0.1) is 11.6 Å². The Morgan fingerprint density at radius 3 is 2.50 bits per heavy atom. The summed E-state index contributed by atoms with van der Waals surface area (Å²) in [4.78, 5) is 0. The number of benzene rings is 1. The van der Waals surface area contributed by atoms with Crippen LogP contribution in [-0.4, -0.2) is 28.0 Å². The zero-order chi connectivity index (χ0) is 14.5. The molecule has 1 heterocycles. The van der Waals surface area contributed by atoms with Gasteiger partial charge in [-0.05, 0) is 30.5 Å². The maximum atomic E-state index is 13.3. The fraction of sp³-hybridized carbons (Fsp3) is 0.571. The van der Waals surface area contributed by atoms with Crippen LogP contribution in [0.1, 0.15) is 18.9 Å². The highest BCUT2D eigenvalue weighted by atomic mass is 32.2. The largest absolute Gasteiger partial charge is 0.271 e. The number of nitrogens with two attached hydrogens (primary N) is 1. The van der Waals surface area contributed by atoms with E-state index in [2.05, 4.69) is 12.3 Å². The van der Waals surface area contributed by atoms with E-state index in [0.29, 0.717) is 22.5 Å². The monoisotopic (exact) mass is 318 g/mol. The molecule has 0 radical (unpaired) electrons. The van der Waals surface area contributed by atoms with Crippen LogP contribution < -0.4 is 11.3 Å². The molecule has 6 heteroatoms. The third-order valence-corrected chi connectivity index (χ3v) is 6.89. The van der Waals surface area contributed by atoms with Crippen molar-refractivity contribution in [3.8, 4) is 0 Å². The molecule has 112 valence electrons. The van der Waals surface area contributed by atoms with E-state index >= 15 is 0 Å². The van der Waals surface area contributed by atoms with E-state index in [9.17, 15) is 8.78 Å². The number of nitrogens with one attached hydrogen (secondary N) is 1. The van der Waals surface area contributed by atoms with Crippen LogP contribution in [0.5, 0.6) is 0 Å². The first-order valence-corrected chi connectivity index (χ1v) is 8.88. The van der Waals surface area contributed by atoms with Gasteiger partial charge in [0.2, 0.25) is 0 Å². The number of rotatable bonds is 5. The van der Waals surface area contributed by atoms with Crippen LogP contribution in [0.3, 0.4) is 0 Å². The smallest absolute Gasteiger partial charge is 0.126 e. The topological polar surface area (TPSA) is 38.0 Å². The Labute approximate surface area is 127 Å². The number of hydrogen-bond acceptors (Lipinski definition) is 4. The molecule has 3 unspecified atom stereocenters. The molecule has 1 fully saturated rings. The second-order valence-corrected chi connectivity index (χ2v) is 7.54. The quantitative estimate of drug-likeness (QED) is 0.647. The van der Waals surface area contributed by atoms with Gasteiger partial charge in [-0.25, -0.2) is 8.78 Å². The zero-order valence-electron chi connectivity index (χ0n) is 11.4. The molecule has 3 N–H and O–H groups in total. The van der Waals surface area contributed by atoms with Gasteiger partial charge in [0.15, 0.2) is 0 Å². The second-order valence-electron chi connectivity index (χ2n) is 4.91. The maximum absolute atomic E-state index is 13.3. The molecular weight excluding hydrogens is 298 g/mol. The predicted octanol–water partition coefficient (Wildman–Crippen LogP) is 2.97. The molecule has 20 heavy (non-hydrogen) atoms. The average molecular weight is 318 g/mol. The van der Waals surface area contributed by atoms with Crippen LogP contribution >= 0.6 is 23.5 Å². The van der Waals surface area contributed by atoms with Crippen molar-refractivity contribution < 1.29 is 8.78 Å². The molecule has 0 saturated carbocycles. The first kappa shape index (κ1) is 16.1. The maximum Gasteiger partial charge on any atom is 0.126 e. The highest BCUT2D eigenvalue weighted by Gasteiger charge is 2.31. The lowest BCUT2D eigenvalue weighted by atomic mass is 10.0. The number of hydrogen-bond donors (Lipinski definition) is 2. The van der Waals surface area contributed by atoms with Crippen LogP contribution in [0.15, 0.2) is 18.2 Å². The van der Waals surface area contributed by atoms with Gasteiger partial charge in [-0.3, -0.25) is 11.3 Å². The third-order valence-electron chi connectivity index (χ3n) is 3.48. The van der Waals surface area contributed by atoms with Crippen molar-refractivity contribution in [2.24, 2.45) is 5.84 Å². The second kappa shape index (κ2) is 7.64. The van der Waals surface area contributed by atoms with E-state index in [1.165, 1.54) is 12.1 Å². The molecular formula is C14H20F2N2S2. The number of hydrazine groups is 1.